The predicted molar refractivity (Wildman–Crippen MR) is 493 cm³/mol. The van der Waals surface area contributed by atoms with Gasteiger partial charge in [-0.1, -0.05) is 36.4 Å². The van der Waals surface area contributed by atoms with E-state index in [4.69, 9.17) is 42.3 Å². The second-order valence-electron chi connectivity index (χ2n) is 32.2. The summed E-state index contributed by atoms with van der Waals surface area (Å²) in [5.41, 5.74) is 24.5. The second-order valence-corrected chi connectivity index (χ2v) is 32.2. The zero-order valence-corrected chi connectivity index (χ0v) is 70.9. The van der Waals surface area contributed by atoms with Crippen molar-refractivity contribution in [3.8, 4) is 0 Å². The van der Waals surface area contributed by atoms with Gasteiger partial charge in [0, 0.05) is 144 Å². The average molecular weight is 1600 g/mol. The molecule has 20 rings (SSSR count). The first-order valence-electron chi connectivity index (χ1n) is 48.9. The third kappa shape index (κ3) is 14.9. The number of hydrogen-bond donors (Lipinski definition) is 0. The Morgan fingerprint density at radius 1 is 0.375 bits per heavy atom. The van der Waals surface area contributed by atoms with Crippen LogP contribution in [0.3, 0.4) is 0 Å². The summed E-state index contributed by atoms with van der Waals surface area (Å²) in [6, 6.07) is 48.1. The Bertz CT molecular complexity index is 7560. The maximum Gasteiger partial charge on any atom is 0.443 e. The van der Waals surface area contributed by atoms with E-state index in [-0.39, 0.29) is 48.4 Å². The van der Waals surface area contributed by atoms with E-state index in [0.717, 1.165) is 78.3 Å². The molecule has 598 valence electrons. The molecule has 18 heterocycles. The number of benzene rings is 2. The molecule has 15 aromatic rings. The van der Waals surface area contributed by atoms with E-state index in [9.17, 15) is 0 Å². The lowest BCUT2D eigenvalue weighted by Crippen LogP contribution is -2.66. The van der Waals surface area contributed by atoms with E-state index in [1.54, 1.807) is 103 Å². The molecule has 0 amide bonds. The van der Waals surface area contributed by atoms with Crippen molar-refractivity contribution in [1.29, 1.82) is 0 Å². The van der Waals surface area contributed by atoms with Gasteiger partial charge < -0.3 is 41.7 Å². The third-order valence-electron chi connectivity index (χ3n) is 23.5. The Labute approximate surface area is 732 Å². The number of nitrogens with zero attached hydrogens (tertiary/aromatic N) is 14. The highest BCUT2D eigenvalue weighted by atomic mass is 16.4. The van der Waals surface area contributed by atoms with Gasteiger partial charge in [0.15, 0.2) is 52.8 Å². The van der Waals surface area contributed by atoms with Gasteiger partial charge in [0.25, 0.3) is 0 Å². The maximum absolute atomic E-state index is 8.06. The number of hydrogen-bond acceptors (Lipinski definition) is 13. The third-order valence-corrected chi connectivity index (χ3v) is 23.5. The molecule has 2 aromatic carbocycles. The first kappa shape index (κ1) is 61.5. The topological polar surface area (TPSA) is 140 Å². The number of aromatic nitrogens is 9. The quantitative estimate of drug-likeness (QED) is 0.120. The minimum absolute atomic E-state index is 0.158. The molecule has 0 radical (unpaired) electrons. The Morgan fingerprint density at radius 2 is 0.825 bits per heavy atom. The molecule has 18 nitrogen and oxygen atoms in total. The van der Waals surface area contributed by atoms with Crippen LogP contribution in [0.2, 0.25) is 0 Å². The molecule has 0 bridgehead atoms. The van der Waals surface area contributed by atoms with Gasteiger partial charge in [0.2, 0.25) is 28.4 Å². The Morgan fingerprint density at radius 3 is 1.33 bits per heavy atom. The van der Waals surface area contributed by atoms with E-state index in [0.29, 0.717) is 78.4 Å². The molecule has 0 fully saturated rings. The van der Waals surface area contributed by atoms with Crippen LogP contribution in [-0.4, -0.2) is 113 Å². The molecule has 120 heavy (non-hydrogen) atoms. The normalized spacial score (nSPS) is 16.9. The van der Waals surface area contributed by atoms with Crippen molar-refractivity contribution >= 4 is 174 Å². The average Bonchev–Trinajstić information content (AvgIpc) is 1.56. The van der Waals surface area contributed by atoms with E-state index in [1.165, 1.54) is 33.2 Å². The first-order valence-corrected chi connectivity index (χ1v) is 39.9. The minimum atomic E-state index is -2.33. The van der Waals surface area contributed by atoms with Gasteiger partial charge in [0.1, 0.15) is 57.9 Å². The number of rotatable bonds is 5. The summed E-state index contributed by atoms with van der Waals surface area (Å²) in [7, 11) is 19.2. The fourth-order valence-corrected chi connectivity index (χ4v) is 17.2. The monoisotopic (exact) mass is 1600 g/mol. The standard InChI is InChI=1S/C20H23BN3O.C20H20BN2.3C19H21BN3O/c1-12-9-17(23(5)10-13(12)2)21-19-18(14(3)11-24(21)6)16-8-7-15(4)22-20(16)25-19;1-15-14-17-9-4-6-10-18(17)21(23(15)3)20-13-12-16-8-5-7-11-19(16)22(20)2;1-12-6-9-16(22(4)10-12)20-18-17(13(2)11-23(20)5)15-8-7-14(3)21-19(15)24-18;1-12-10-17(22(4)11-13(12)2)20-18-15(8-9-23(20)5)16-7-6-14(3)21-19(16)24-18;1-12-8-9-22(4)16(10-12)20-18-17(13(2)11-23(20)5)15-7-6-14(3)21-19(15)24-18/h7-11H,1-6H3;4-14H,1-3H3;3*6-11H,1-5H3/q5*+1/i2D3,3D3;;1D3,2D3;2*2D3. The highest BCUT2D eigenvalue weighted by molar-refractivity contribution is 6.84. The van der Waals surface area contributed by atoms with Crippen LogP contribution in [0.4, 0.5) is 0 Å². The molecule has 0 N–H and O–H groups in total. The van der Waals surface area contributed by atoms with Crippen molar-refractivity contribution in [3.05, 3.63) is 285 Å². The number of furan rings is 4. The van der Waals surface area contributed by atoms with Gasteiger partial charge in [-0.25, -0.2) is 42.8 Å². The van der Waals surface area contributed by atoms with Crippen molar-refractivity contribution in [3.63, 3.8) is 0 Å². The van der Waals surface area contributed by atoms with Crippen LogP contribution in [0.25, 0.3) is 84.2 Å². The SMILES string of the molecule is CC1=Cc2ccccc2B(c2ccc3ccccc3[n+]2C)N1C.[2H]C([2H])([2H])C1=CN(C)B(c2cc(C)c(C([2H])([2H])[2H])c[n+]2C)c2oc3nc(C)ccc3c21.[2H]C([2H])([2H])C1=CN(C)B(c2cc(C)cc[n+]2C)c2oc3nc(C)ccc3c21.[2H]C([2H])([2H])C1=CN(C)B(c2ccc(C([2H])([2H])[2H])c[n+]2C)c2oc3nc(C)ccc3c21.[2H]C([2H])([2H])c1c[n+](C)c(B2c3oc4nc(C)ccc4c3C=CN2C)cc1C. The highest BCUT2D eigenvalue weighted by Crippen LogP contribution is 2.33. The van der Waals surface area contributed by atoms with Gasteiger partial charge in [-0.05, 0) is 298 Å². The smallest absolute Gasteiger partial charge is 0.443 e. The number of pyridine rings is 9. The highest BCUT2D eigenvalue weighted by Gasteiger charge is 2.46. The second kappa shape index (κ2) is 32.2. The van der Waals surface area contributed by atoms with Crippen molar-refractivity contribution in [2.24, 2.45) is 35.2 Å². The summed E-state index contributed by atoms with van der Waals surface area (Å²) in [6.45, 7) is 0.863. The van der Waals surface area contributed by atoms with Crippen molar-refractivity contribution in [2.75, 3.05) is 35.2 Å². The molecule has 0 unspecified atom stereocenters. The first-order chi connectivity index (χ1) is 64.7. The number of para-hydroxylation sites is 1. The summed E-state index contributed by atoms with van der Waals surface area (Å²) in [5, 5.41) is 4.31. The summed E-state index contributed by atoms with van der Waals surface area (Å²) in [6.07, 6.45) is 18.2. The molecule has 0 atom stereocenters. The molecular weight excluding hydrogens is 1480 g/mol. The fourth-order valence-electron chi connectivity index (χ4n) is 17.2. The van der Waals surface area contributed by atoms with E-state index < -0.39 is 54.8 Å². The summed E-state index contributed by atoms with van der Waals surface area (Å²) < 4.78 is 176. The molecule has 0 spiro atoms. The molecule has 0 aliphatic carbocycles. The van der Waals surface area contributed by atoms with Crippen LogP contribution in [-0.2, 0) is 35.2 Å². The van der Waals surface area contributed by atoms with Crippen LogP contribution in [0, 0.1) is 69.0 Å². The van der Waals surface area contributed by atoms with Gasteiger partial charge in [0.05, 0.1) is 0 Å². The lowest BCUT2D eigenvalue weighted by atomic mass is 9.48. The fraction of sp³-hybridized carbons (Fsp3) is 0.247. The van der Waals surface area contributed by atoms with Gasteiger partial charge in [-0.2, -0.15) is 0 Å². The Kier molecular flexibility index (Phi) is 16.5. The summed E-state index contributed by atoms with van der Waals surface area (Å²) in [4.78, 5) is 27.8. The van der Waals surface area contributed by atoms with Gasteiger partial charge >= 0.3 is 34.2 Å². The van der Waals surface area contributed by atoms with Gasteiger partial charge in [-0.3, -0.25) is 0 Å². The Balaban J connectivity index is 0.000000125. The molecule has 5 aliphatic rings. The van der Waals surface area contributed by atoms with Crippen molar-refractivity contribution in [2.45, 2.75) is 96.5 Å². The molecule has 13 aromatic heterocycles. The predicted octanol–water partition coefficient (Wildman–Crippen LogP) is 9.03. The van der Waals surface area contributed by atoms with E-state index in [1.807, 2.05) is 169 Å². The van der Waals surface area contributed by atoms with Crippen LogP contribution in [0.15, 0.2) is 219 Å². The lowest BCUT2D eigenvalue weighted by molar-refractivity contribution is -0.654. The van der Waals surface area contributed by atoms with E-state index in [2.05, 4.69) is 128 Å². The van der Waals surface area contributed by atoms with Crippen LogP contribution < -0.4 is 78.9 Å². The lowest BCUT2D eigenvalue weighted by Gasteiger charge is -2.31. The Hall–Kier alpha value is -12.8. The number of allylic oxidation sites excluding steroid dienone is 4. The van der Waals surface area contributed by atoms with Crippen LogP contribution in [0.1, 0.15) is 136 Å². The van der Waals surface area contributed by atoms with Crippen LogP contribution in [0.5, 0.6) is 0 Å². The zero-order valence-electron chi connectivity index (χ0n) is 88.9. The van der Waals surface area contributed by atoms with E-state index >= 15 is 0 Å². The zero-order chi connectivity index (χ0) is 99.9. The van der Waals surface area contributed by atoms with Gasteiger partial charge in [-0.15, -0.1) is 0 Å². The molecular formula is C97H106B5N14O4+5. The molecule has 23 heteroatoms. The molecule has 0 saturated heterocycles. The maximum atomic E-state index is 8.06. The molecule has 5 aliphatic heterocycles. The van der Waals surface area contributed by atoms with Crippen LogP contribution >= 0.6 is 0 Å². The van der Waals surface area contributed by atoms with Crippen molar-refractivity contribution in [1.82, 2.24) is 44.0 Å². The summed E-state index contributed by atoms with van der Waals surface area (Å²) in [5.74, 6) is 0. The largest absolute Gasteiger partial charge is 0.449 e. The summed E-state index contributed by atoms with van der Waals surface area (Å²) >= 11 is 0. The molecule has 0 saturated carbocycles. The van der Waals surface area contributed by atoms with Crippen molar-refractivity contribution < 1.29 is 65.2 Å². The number of aryl methyl sites for hydroxylation is 15. The minimum Gasteiger partial charge on any atom is -0.449 e. The number of fused-ring (bicyclic) bond motifs is 14.